The van der Waals surface area contributed by atoms with Gasteiger partial charge in [0.1, 0.15) is 11.4 Å². The van der Waals surface area contributed by atoms with Crippen LogP contribution in [0.4, 0.5) is 5.88 Å². The first kappa shape index (κ1) is 30.9. The van der Waals surface area contributed by atoms with E-state index in [0.717, 1.165) is 56.3 Å². The number of ether oxygens (including phenoxy) is 2. The highest BCUT2D eigenvalue weighted by Gasteiger charge is 2.49. The molecule has 1 aromatic heterocycles. The molecule has 2 aliphatic rings. The largest absolute Gasteiger partial charge is 0.493 e. The number of rotatable bonds is 11. The number of aliphatic imine (C=N–C) groups is 1. The number of anilines is 1. The molecule has 2 aromatic carbocycles. The van der Waals surface area contributed by atoms with E-state index in [1.807, 2.05) is 6.07 Å². The molecule has 0 saturated heterocycles. The number of amides is 1. The van der Waals surface area contributed by atoms with E-state index < -0.39 is 15.6 Å². The maximum absolute atomic E-state index is 13.7. The lowest BCUT2D eigenvalue weighted by Crippen LogP contribution is -2.40. The second-order valence-corrected chi connectivity index (χ2v) is 13.2. The molecule has 5 rings (SSSR count). The summed E-state index contributed by atoms with van der Waals surface area (Å²) in [5, 5.41) is 4.25. The van der Waals surface area contributed by atoms with Gasteiger partial charge < -0.3 is 14.0 Å². The first-order valence-electron chi connectivity index (χ1n) is 14.4. The van der Waals surface area contributed by atoms with E-state index in [1.54, 1.807) is 36.9 Å². The van der Waals surface area contributed by atoms with Crippen molar-refractivity contribution in [2.24, 2.45) is 4.99 Å². The van der Waals surface area contributed by atoms with Gasteiger partial charge in [-0.15, -0.1) is 0 Å². The van der Waals surface area contributed by atoms with Crippen molar-refractivity contribution >= 4 is 39.3 Å². The Morgan fingerprint density at radius 2 is 1.79 bits per heavy atom. The zero-order valence-corrected chi connectivity index (χ0v) is 26.7. The predicted molar refractivity (Wildman–Crippen MR) is 165 cm³/mol. The van der Waals surface area contributed by atoms with E-state index in [-0.39, 0.29) is 22.4 Å². The molecule has 10 nitrogen and oxygen atoms in total. The van der Waals surface area contributed by atoms with E-state index in [1.165, 1.54) is 20.3 Å². The van der Waals surface area contributed by atoms with Crippen LogP contribution in [0, 0.1) is 13.8 Å². The smallest absolute Gasteiger partial charge is 0.265 e. The number of methoxy groups -OCH3 is 2. The number of carbonyl (C=O) groups excluding carboxylic acids is 1. The fourth-order valence-electron chi connectivity index (χ4n) is 5.71. The zero-order chi connectivity index (χ0) is 30.9. The normalized spacial score (nSPS) is 16.2. The van der Waals surface area contributed by atoms with Gasteiger partial charge in [0.25, 0.3) is 15.9 Å². The Hall–Kier alpha value is -3.57. The van der Waals surface area contributed by atoms with Gasteiger partial charge in [0, 0.05) is 28.6 Å². The molecule has 1 spiro atoms. The quantitative estimate of drug-likeness (QED) is 0.251. The molecule has 1 aliphatic heterocycles. The molecule has 1 amide bonds. The molecule has 0 unspecified atom stereocenters. The van der Waals surface area contributed by atoms with E-state index in [9.17, 15) is 13.2 Å². The third-order valence-corrected chi connectivity index (χ3v) is 10.1. The molecule has 1 fully saturated rings. The highest BCUT2D eigenvalue weighted by molar-refractivity contribution is 7.92. The molecule has 12 heteroatoms. The standard InChI is InChI=1S/C31H37ClN4O6S/c1-6-7-10-28-33-31(13-8-9-14-31)30(37)36(28)18-22-12-11-21(15-24(22)32)23-16-25(40-4)26(41-5)17-27(23)43(38,39)35-29-19(2)20(3)34-42-29/h11-12,15-17,35H,6-10,13-14,18H2,1-5H3. The predicted octanol–water partition coefficient (Wildman–Crippen LogP) is 6.67. The SMILES string of the molecule is CCCCC1=NC2(CCCC2)C(=O)N1Cc1ccc(-c2cc(OC)c(OC)cc2S(=O)(=O)Nc2onc(C)c2C)cc1Cl. The second kappa shape index (κ2) is 12.2. The van der Waals surface area contributed by atoms with Gasteiger partial charge in [-0.05, 0) is 56.4 Å². The Bertz CT molecular complexity index is 1680. The topological polar surface area (TPSA) is 123 Å². The Morgan fingerprint density at radius 3 is 2.40 bits per heavy atom. The lowest BCUT2D eigenvalue weighted by atomic mass is 9.98. The van der Waals surface area contributed by atoms with Crippen molar-refractivity contribution in [1.29, 1.82) is 0 Å². The zero-order valence-electron chi connectivity index (χ0n) is 25.1. The van der Waals surface area contributed by atoms with Crippen molar-refractivity contribution in [1.82, 2.24) is 10.1 Å². The number of nitrogens with one attached hydrogen (secondary N) is 1. The fraction of sp³-hybridized carbons (Fsp3) is 0.452. The molecule has 1 saturated carbocycles. The maximum Gasteiger partial charge on any atom is 0.265 e. The van der Waals surface area contributed by atoms with Crippen LogP contribution in [0.1, 0.15) is 68.7 Å². The highest BCUT2D eigenvalue weighted by Crippen LogP contribution is 2.42. The van der Waals surface area contributed by atoms with Gasteiger partial charge in [0.2, 0.25) is 5.88 Å². The van der Waals surface area contributed by atoms with Crippen molar-refractivity contribution in [2.45, 2.75) is 82.7 Å². The summed E-state index contributed by atoms with van der Waals surface area (Å²) in [6.07, 6.45) is 6.25. The number of unbranched alkanes of at least 4 members (excludes halogenated alkanes) is 1. The number of sulfonamides is 1. The summed E-state index contributed by atoms with van der Waals surface area (Å²) in [6, 6.07) is 8.32. The van der Waals surface area contributed by atoms with Gasteiger partial charge in [-0.1, -0.05) is 55.1 Å². The number of nitrogens with zero attached hydrogens (tertiary/aromatic N) is 3. The van der Waals surface area contributed by atoms with Crippen LogP contribution < -0.4 is 14.2 Å². The van der Waals surface area contributed by atoms with Crippen LogP contribution in [-0.4, -0.2) is 50.0 Å². The Morgan fingerprint density at radius 1 is 1.09 bits per heavy atom. The van der Waals surface area contributed by atoms with Gasteiger partial charge in [0.05, 0.1) is 31.4 Å². The number of benzene rings is 2. The van der Waals surface area contributed by atoms with Crippen molar-refractivity contribution in [3.05, 3.63) is 52.2 Å². The number of carbonyl (C=O) groups is 1. The van der Waals surface area contributed by atoms with Crippen molar-refractivity contribution < 1.29 is 27.2 Å². The van der Waals surface area contributed by atoms with Gasteiger partial charge >= 0.3 is 0 Å². The van der Waals surface area contributed by atoms with Gasteiger partial charge in [-0.25, -0.2) is 13.1 Å². The van der Waals surface area contributed by atoms with Crippen LogP contribution in [0.2, 0.25) is 5.02 Å². The van der Waals surface area contributed by atoms with E-state index in [2.05, 4.69) is 16.8 Å². The molecule has 0 bridgehead atoms. The van der Waals surface area contributed by atoms with Crippen molar-refractivity contribution in [3.63, 3.8) is 0 Å². The summed E-state index contributed by atoms with van der Waals surface area (Å²) in [6.45, 7) is 5.86. The minimum absolute atomic E-state index is 0.0301. The summed E-state index contributed by atoms with van der Waals surface area (Å²) in [4.78, 5) is 20.3. The van der Waals surface area contributed by atoms with Crippen LogP contribution in [0.25, 0.3) is 11.1 Å². The van der Waals surface area contributed by atoms with Crippen molar-refractivity contribution in [3.8, 4) is 22.6 Å². The molecule has 0 atom stereocenters. The Kier molecular flexibility index (Phi) is 8.76. The minimum Gasteiger partial charge on any atom is -0.493 e. The molecule has 230 valence electrons. The molecule has 1 N–H and O–H groups in total. The van der Waals surface area contributed by atoms with Crippen LogP contribution in [0.5, 0.6) is 11.5 Å². The average molecular weight is 629 g/mol. The third-order valence-electron chi connectivity index (χ3n) is 8.33. The van der Waals surface area contributed by atoms with Gasteiger partial charge in [0.15, 0.2) is 11.5 Å². The van der Waals surface area contributed by atoms with Gasteiger partial charge in [-0.2, -0.15) is 0 Å². The Balaban J connectivity index is 1.51. The first-order valence-corrected chi connectivity index (χ1v) is 16.3. The maximum atomic E-state index is 13.7. The Labute approximate surface area is 257 Å². The highest BCUT2D eigenvalue weighted by atomic mass is 35.5. The van der Waals surface area contributed by atoms with E-state index >= 15 is 0 Å². The van der Waals surface area contributed by atoms with E-state index in [4.69, 9.17) is 30.6 Å². The van der Waals surface area contributed by atoms with Crippen molar-refractivity contribution in [2.75, 3.05) is 18.9 Å². The number of halogens is 1. The number of amidine groups is 1. The molecule has 43 heavy (non-hydrogen) atoms. The number of hydrogen-bond acceptors (Lipinski definition) is 8. The number of hydrogen-bond donors (Lipinski definition) is 1. The summed E-state index contributed by atoms with van der Waals surface area (Å²) < 4.78 is 46.0. The number of aryl methyl sites for hydroxylation is 1. The summed E-state index contributed by atoms with van der Waals surface area (Å²) >= 11 is 6.84. The molecule has 3 aromatic rings. The molecular formula is C31H37ClN4O6S. The second-order valence-electron chi connectivity index (χ2n) is 11.1. The molecule has 1 aliphatic carbocycles. The lowest BCUT2D eigenvalue weighted by Gasteiger charge is -2.23. The summed E-state index contributed by atoms with van der Waals surface area (Å²) in [7, 11) is -1.25. The third kappa shape index (κ3) is 5.84. The lowest BCUT2D eigenvalue weighted by molar-refractivity contribution is -0.131. The minimum atomic E-state index is -4.17. The van der Waals surface area contributed by atoms with Crippen LogP contribution in [-0.2, 0) is 21.4 Å². The molecular weight excluding hydrogens is 592 g/mol. The fourth-order valence-corrected chi connectivity index (χ4v) is 7.22. The van der Waals surface area contributed by atoms with Crippen LogP contribution in [0.3, 0.4) is 0 Å². The number of aromatic nitrogens is 1. The van der Waals surface area contributed by atoms with E-state index in [0.29, 0.717) is 39.7 Å². The summed E-state index contributed by atoms with van der Waals surface area (Å²) in [5.74, 6) is 1.50. The molecule has 2 heterocycles. The van der Waals surface area contributed by atoms with Gasteiger partial charge in [-0.3, -0.25) is 14.7 Å². The monoisotopic (exact) mass is 628 g/mol. The average Bonchev–Trinajstić information content (AvgIpc) is 3.67. The van der Waals surface area contributed by atoms with Crippen LogP contribution >= 0.6 is 11.6 Å². The molecule has 0 radical (unpaired) electrons. The summed E-state index contributed by atoms with van der Waals surface area (Å²) in [5.41, 5.74) is 2.15. The first-order chi connectivity index (χ1) is 20.5. The van der Waals surface area contributed by atoms with Crippen LogP contribution in [0.15, 0.2) is 44.7 Å².